The number of hydrogen-bond acceptors (Lipinski definition) is 4. The fraction of sp³-hybridized carbons (Fsp3) is 0.250. The van der Waals surface area contributed by atoms with E-state index in [9.17, 15) is 0 Å². The molecule has 0 bridgehead atoms. The van der Waals surface area contributed by atoms with E-state index in [1.165, 1.54) is 0 Å². The van der Waals surface area contributed by atoms with Gasteiger partial charge in [0.15, 0.2) is 0 Å². The Morgan fingerprint density at radius 1 is 1.35 bits per heavy atom. The minimum absolute atomic E-state index is 0.675. The lowest BCUT2D eigenvalue weighted by Crippen LogP contribution is -1.97. The van der Waals surface area contributed by atoms with Crippen molar-refractivity contribution in [3.63, 3.8) is 0 Å². The Labute approximate surface area is 100 Å². The molecule has 0 aliphatic carbocycles. The van der Waals surface area contributed by atoms with Crippen molar-refractivity contribution in [2.75, 3.05) is 18.2 Å². The minimum atomic E-state index is 0.675. The number of rotatable bonds is 3. The van der Waals surface area contributed by atoms with Crippen LogP contribution >= 0.6 is 0 Å². The van der Waals surface area contributed by atoms with Crippen molar-refractivity contribution in [1.29, 1.82) is 0 Å². The Balaban J connectivity index is 2.32. The summed E-state index contributed by atoms with van der Waals surface area (Å²) in [5.41, 5.74) is 9.26. The molecule has 2 aromatic rings. The van der Waals surface area contributed by atoms with Crippen molar-refractivity contribution in [3.8, 4) is 5.75 Å². The Bertz CT molecular complexity index is 533. The van der Waals surface area contributed by atoms with Crippen LogP contribution in [0.1, 0.15) is 5.69 Å². The van der Waals surface area contributed by atoms with E-state index in [2.05, 4.69) is 10.4 Å². The van der Waals surface area contributed by atoms with E-state index in [0.29, 0.717) is 5.69 Å². The second-order valence-corrected chi connectivity index (χ2v) is 3.88. The molecule has 90 valence electrons. The van der Waals surface area contributed by atoms with Gasteiger partial charge in [0, 0.05) is 19.3 Å². The summed E-state index contributed by atoms with van der Waals surface area (Å²) >= 11 is 0. The topological polar surface area (TPSA) is 65.1 Å². The molecule has 0 aliphatic heterocycles. The number of hydrogen-bond donors (Lipinski definition) is 2. The van der Waals surface area contributed by atoms with Gasteiger partial charge in [-0.15, -0.1) is 0 Å². The number of benzene rings is 1. The van der Waals surface area contributed by atoms with Gasteiger partial charge in [-0.25, -0.2) is 0 Å². The average molecular weight is 232 g/mol. The fourth-order valence-corrected chi connectivity index (χ4v) is 1.64. The molecule has 0 radical (unpaired) electrons. The fourth-order valence-electron chi connectivity index (χ4n) is 1.64. The largest absolute Gasteiger partial charge is 0.497 e. The maximum atomic E-state index is 5.90. The molecule has 5 nitrogen and oxygen atoms in total. The molecule has 0 atom stereocenters. The third-order valence-electron chi connectivity index (χ3n) is 2.54. The second kappa shape index (κ2) is 4.37. The smallest absolute Gasteiger partial charge is 0.121 e. The number of nitrogens with two attached hydrogens (primary N) is 1. The highest BCUT2D eigenvalue weighted by atomic mass is 16.5. The van der Waals surface area contributed by atoms with Crippen molar-refractivity contribution < 1.29 is 4.74 Å². The Hall–Kier alpha value is -2.17. The molecule has 1 aromatic heterocycles. The monoisotopic (exact) mass is 232 g/mol. The predicted octanol–water partition coefficient (Wildman–Crippen LogP) is 2.06. The van der Waals surface area contributed by atoms with E-state index in [1.807, 2.05) is 38.4 Å². The summed E-state index contributed by atoms with van der Waals surface area (Å²) in [5, 5.41) is 7.51. The first-order valence-corrected chi connectivity index (χ1v) is 5.31. The molecule has 0 saturated carbocycles. The van der Waals surface area contributed by atoms with Crippen molar-refractivity contribution >= 4 is 17.1 Å². The van der Waals surface area contributed by atoms with Gasteiger partial charge in [-0.1, -0.05) is 0 Å². The average Bonchev–Trinajstić information content (AvgIpc) is 2.60. The zero-order valence-electron chi connectivity index (χ0n) is 10.2. The van der Waals surface area contributed by atoms with Gasteiger partial charge in [0.05, 0.1) is 29.9 Å². The maximum Gasteiger partial charge on any atom is 0.121 e. The molecule has 0 saturated heterocycles. The molecule has 2 rings (SSSR count). The van der Waals surface area contributed by atoms with Crippen LogP contribution in [0.25, 0.3) is 0 Å². The molecule has 5 heteroatoms. The van der Waals surface area contributed by atoms with Crippen LogP contribution in [0.3, 0.4) is 0 Å². The van der Waals surface area contributed by atoms with Gasteiger partial charge in [-0.3, -0.25) is 4.68 Å². The highest BCUT2D eigenvalue weighted by Gasteiger charge is 2.06. The number of anilines is 3. The molecule has 0 spiro atoms. The first kappa shape index (κ1) is 11.3. The van der Waals surface area contributed by atoms with Crippen LogP contribution in [0.15, 0.2) is 24.4 Å². The predicted molar refractivity (Wildman–Crippen MR) is 68.6 cm³/mol. The summed E-state index contributed by atoms with van der Waals surface area (Å²) in [6.45, 7) is 1.94. The van der Waals surface area contributed by atoms with E-state index in [-0.39, 0.29) is 0 Å². The van der Waals surface area contributed by atoms with Gasteiger partial charge >= 0.3 is 0 Å². The third-order valence-corrected chi connectivity index (χ3v) is 2.54. The van der Waals surface area contributed by atoms with Crippen LogP contribution in [-0.4, -0.2) is 16.9 Å². The van der Waals surface area contributed by atoms with Crippen molar-refractivity contribution in [1.82, 2.24) is 9.78 Å². The standard InChI is InChI=1S/C12H16N4O/c1-8-12(7-16(2)15-8)14-11-6-9(17-3)4-5-10(11)13/h4-7,14H,13H2,1-3H3. The zero-order valence-corrected chi connectivity index (χ0v) is 10.2. The van der Waals surface area contributed by atoms with Gasteiger partial charge in [-0.2, -0.15) is 5.10 Å². The van der Waals surface area contributed by atoms with Crippen molar-refractivity contribution in [3.05, 3.63) is 30.1 Å². The van der Waals surface area contributed by atoms with Gasteiger partial charge in [0.1, 0.15) is 5.75 Å². The van der Waals surface area contributed by atoms with Gasteiger partial charge in [-0.05, 0) is 19.1 Å². The highest BCUT2D eigenvalue weighted by Crippen LogP contribution is 2.28. The number of ether oxygens (including phenoxy) is 1. The van der Waals surface area contributed by atoms with Gasteiger partial charge < -0.3 is 15.8 Å². The number of aryl methyl sites for hydroxylation is 2. The van der Waals surface area contributed by atoms with E-state index in [0.717, 1.165) is 22.8 Å². The van der Waals surface area contributed by atoms with Crippen LogP contribution in [0, 0.1) is 6.92 Å². The normalized spacial score (nSPS) is 10.3. The Kier molecular flexibility index (Phi) is 2.91. The molecule has 0 unspecified atom stereocenters. The summed E-state index contributed by atoms with van der Waals surface area (Å²) in [5.74, 6) is 0.767. The van der Waals surface area contributed by atoms with Crippen LogP contribution in [0.5, 0.6) is 5.75 Å². The number of methoxy groups -OCH3 is 1. The first-order chi connectivity index (χ1) is 8.10. The molecular formula is C12H16N4O. The first-order valence-electron chi connectivity index (χ1n) is 5.31. The lowest BCUT2D eigenvalue weighted by molar-refractivity contribution is 0.415. The number of nitrogen functional groups attached to an aromatic ring is 1. The highest BCUT2D eigenvalue weighted by molar-refractivity contribution is 5.74. The van der Waals surface area contributed by atoms with Crippen LogP contribution in [0.4, 0.5) is 17.1 Å². The molecule has 0 aliphatic rings. The van der Waals surface area contributed by atoms with Crippen molar-refractivity contribution in [2.45, 2.75) is 6.92 Å². The van der Waals surface area contributed by atoms with E-state index >= 15 is 0 Å². The summed E-state index contributed by atoms with van der Waals surface area (Å²) in [6.07, 6.45) is 1.91. The molecule has 1 heterocycles. The second-order valence-electron chi connectivity index (χ2n) is 3.88. The molecule has 17 heavy (non-hydrogen) atoms. The minimum Gasteiger partial charge on any atom is -0.497 e. The van der Waals surface area contributed by atoms with Crippen LogP contribution < -0.4 is 15.8 Å². The molecule has 1 aromatic carbocycles. The molecule has 3 N–H and O–H groups in total. The molecule has 0 amide bonds. The van der Waals surface area contributed by atoms with E-state index < -0.39 is 0 Å². The summed E-state index contributed by atoms with van der Waals surface area (Å²) in [4.78, 5) is 0. The van der Waals surface area contributed by atoms with Gasteiger partial charge in [0.25, 0.3) is 0 Å². The Morgan fingerprint density at radius 3 is 2.71 bits per heavy atom. The summed E-state index contributed by atoms with van der Waals surface area (Å²) in [7, 11) is 3.51. The zero-order chi connectivity index (χ0) is 12.4. The third kappa shape index (κ3) is 2.33. The lowest BCUT2D eigenvalue weighted by atomic mass is 10.2. The van der Waals surface area contributed by atoms with E-state index in [4.69, 9.17) is 10.5 Å². The van der Waals surface area contributed by atoms with Crippen molar-refractivity contribution in [2.24, 2.45) is 7.05 Å². The molecule has 0 fully saturated rings. The number of aromatic nitrogens is 2. The van der Waals surface area contributed by atoms with E-state index in [1.54, 1.807) is 11.8 Å². The number of nitrogens with zero attached hydrogens (tertiary/aromatic N) is 2. The van der Waals surface area contributed by atoms with Crippen LogP contribution in [-0.2, 0) is 7.05 Å². The SMILES string of the molecule is COc1ccc(N)c(Nc2cn(C)nc2C)c1. The lowest BCUT2D eigenvalue weighted by Gasteiger charge is -2.09. The quantitative estimate of drug-likeness (QED) is 0.795. The van der Waals surface area contributed by atoms with Gasteiger partial charge in [0.2, 0.25) is 0 Å². The van der Waals surface area contributed by atoms with Crippen LogP contribution in [0.2, 0.25) is 0 Å². The maximum absolute atomic E-state index is 5.90. The number of nitrogens with one attached hydrogen (secondary N) is 1. The summed E-state index contributed by atoms with van der Waals surface area (Å²) in [6, 6.07) is 5.51. The Morgan fingerprint density at radius 2 is 2.12 bits per heavy atom. The molecular weight excluding hydrogens is 216 g/mol. The summed E-state index contributed by atoms with van der Waals surface area (Å²) < 4.78 is 6.92.